The van der Waals surface area contributed by atoms with E-state index >= 15 is 0 Å². The average Bonchev–Trinajstić information content (AvgIpc) is 2.83. The van der Waals surface area contributed by atoms with Crippen LogP contribution < -0.4 is 9.64 Å². The summed E-state index contributed by atoms with van der Waals surface area (Å²) in [6, 6.07) is 3.24. The van der Waals surface area contributed by atoms with Gasteiger partial charge in [-0.3, -0.25) is 0 Å². The van der Waals surface area contributed by atoms with Crippen LogP contribution in [0.15, 0.2) is 34.0 Å². The van der Waals surface area contributed by atoms with Gasteiger partial charge in [-0.1, -0.05) is 26.7 Å². The summed E-state index contributed by atoms with van der Waals surface area (Å²) in [6.07, 6.45) is 6.72. The highest BCUT2D eigenvalue weighted by Gasteiger charge is 2.61. The molecule has 3 fully saturated rings. The van der Waals surface area contributed by atoms with Crippen LogP contribution in [-0.2, 0) is 19.6 Å². The van der Waals surface area contributed by atoms with Crippen LogP contribution in [0.1, 0.15) is 59.3 Å². The number of sulfonamides is 1. The molecule has 0 saturated heterocycles. The van der Waals surface area contributed by atoms with Crippen molar-refractivity contribution in [3.05, 3.63) is 24.2 Å². The van der Waals surface area contributed by atoms with Crippen LogP contribution >= 0.6 is 11.8 Å². The van der Waals surface area contributed by atoms with Crippen molar-refractivity contribution >= 4 is 33.4 Å². The number of anilines is 1. The van der Waals surface area contributed by atoms with Crippen molar-refractivity contribution in [1.29, 1.82) is 0 Å². The third-order valence-electron chi connectivity index (χ3n) is 7.41. The number of carbonyl (C=O) groups is 1. The first-order valence-corrected chi connectivity index (χ1v) is 14.8. The van der Waals surface area contributed by atoms with Gasteiger partial charge in [-0.15, -0.1) is 11.8 Å². The van der Waals surface area contributed by atoms with Crippen LogP contribution in [0.25, 0.3) is 0 Å². The van der Waals surface area contributed by atoms with Crippen molar-refractivity contribution in [2.24, 2.45) is 5.92 Å². The van der Waals surface area contributed by atoms with E-state index in [9.17, 15) is 17.6 Å². The second-order valence-corrected chi connectivity index (χ2v) is 12.9. The van der Waals surface area contributed by atoms with Gasteiger partial charge in [0.05, 0.1) is 17.2 Å². The number of ether oxygens (including phenoxy) is 2. The number of hydrogen-bond acceptors (Lipinski definition) is 7. The molecule has 1 aliphatic heterocycles. The zero-order chi connectivity index (χ0) is 25.4. The maximum Gasteiger partial charge on any atom is 0.370 e. The minimum atomic E-state index is -3.82. The molecule has 35 heavy (non-hydrogen) atoms. The van der Waals surface area contributed by atoms with Gasteiger partial charge in [0.15, 0.2) is 0 Å². The molecule has 1 heterocycles. The van der Waals surface area contributed by atoms with E-state index in [0.717, 1.165) is 50.2 Å². The zero-order valence-corrected chi connectivity index (χ0v) is 22.5. The highest BCUT2D eigenvalue weighted by Crippen LogP contribution is 2.62. The summed E-state index contributed by atoms with van der Waals surface area (Å²) in [5.74, 6) is -0.625. The molecule has 3 aliphatic carbocycles. The summed E-state index contributed by atoms with van der Waals surface area (Å²) in [5.41, 5.74) is 0.726. The van der Waals surface area contributed by atoms with Gasteiger partial charge in [0, 0.05) is 31.2 Å². The lowest BCUT2D eigenvalue weighted by Gasteiger charge is -2.67. The number of thioether (sulfide) groups is 1. The first-order chi connectivity index (χ1) is 16.7. The monoisotopic (exact) mass is 526 g/mol. The lowest BCUT2D eigenvalue weighted by Crippen LogP contribution is -2.69. The molecule has 4 aliphatic rings. The second kappa shape index (κ2) is 10.3. The smallest absolute Gasteiger partial charge is 0.370 e. The average molecular weight is 527 g/mol. The van der Waals surface area contributed by atoms with Gasteiger partial charge >= 0.3 is 5.97 Å². The van der Waals surface area contributed by atoms with Crippen LogP contribution in [0.4, 0.5) is 10.1 Å². The maximum absolute atomic E-state index is 14.2. The molecule has 194 valence electrons. The predicted molar refractivity (Wildman–Crippen MR) is 135 cm³/mol. The number of rotatable bonds is 10. The van der Waals surface area contributed by atoms with Gasteiger partial charge in [-0.25, -0.2) is 13.2 Å². The number of fused-ring (bicyclic) bond motifs is 1. The van der Waals surface area contributed by atoms with Crippen molar-refractivity contribution in [2.45, 2.75) is 80.7 Å². The van der Waals surface area contributed by atoms with Gasteiger partial charge in [0.2, 0.25) is 15.9 Å². The minimum Gasteiger partial charge on any atom is -0.461 e. The molecule has 5 rings (SSSR count). The fourth-order valence-electron chi connectivity index (χ4n) is 5.37. The first-order valence-electron chi connectivity index (χ1n) is 12.4. The Kier molecular flexibility index (Phi) is 7.74. The number of unbranched alkanes of at least 4 members (excludes halogenated alkanes) is 1. The molecule has 0 radical (unpaired) electrons. The molecule has 1 atom stereocenters. The molecule has 2 bridgehead atoms. The molecule has 1 aromatic rings. The number of nitrogens with zero attached hydrogens (tertiary/aromatic N) is 2. The van der Waals surface area contributed by atoms with Crippen LogP contribution in [0.3, 0.4) is 0 Å². The number of likely N-dealkylation sites (N-methyl/N-ethyl adjacent to an activating group) is 1. The SMILES string of the molecule is CCCC[C@@H]1CN(C23CC(C2)C3)c2cc(SCC)c(O/C=C(\F)C(=O)OCC)cc2S(=O)(=O)N1C. The highest BCUT2D eigenvalue weighted by atomic mass is 32.2. The van der Waals surface area contributed by atoms with E-state index < -0.39 is 21.8 Å². The van der Waals surface area contributed by atoms with E-state index in [4.69, 9.17) is 4.74 Å². The lowest BCUT2D eigenvalue weighted by atomic mass is 9.49. The Bertz CT molecular complexity index is 1090. The summed E-state index contributed by atoms with van der Waals surface area (Å²) < 4.78 is 53.5. The van der Waals surface area contributed by atoms with Crippen LogP contribution in [-0.4, -0.2) is 56.2 Å². The van der Waals surface area contributed by atoms with E-state index in [1.807, 2.05) is 13.0 Å². The fourth-order valence-corrected chi connectivity index (χ4v) is 7.69. The summed E-state index contributed by atoms with van der Waals surface area (Å²) in [6.45, 7) is 6.38. The number of hydrogen-bond donors (Lipinski definition) is 0. The topological polar surface area (TPSA) is 76.1 Å². The van der Waals surface area contributed by atoms with Crippen LogP contribution in [0.2, 0.25) is 0 Å². The molecule has 10 heteroatoms. The van der Waals surface area contributed by atoms with Crippen molar-refractivity contribution < 1.29 is 27.1 Å². The van der Waals surface area contributed by atoms with Gasteiger partial charge < -0.3 is 14.4 Å². The Labute approximate surface area is 212 Å². The fraction of sp³-hybridized carbons (Fsp3) is 0.640. The molecule has 1 aromatic carbocycles. The van der Waals surface area contributed by atoms with E-state index in [0.29, 0.717) is 23.4 Å². The van der Waals surface area contributed by atoms with Gasteiger partial charge in [-0.2, -0.15) is 8.70 Å². The summed E-state index contributed by atoms with van der Waals surface area (Å²) in [7, 11) is -2.16. The Morgan fingerprint density at radius 1 is 1.26 bits per heavy atom. The minimum absolute atomic E-state index is 0.0248. The lowest BCUT2D eigenvalue weighted by molar-refractivity contribution is -0.140. The van der Waals surface area contributed by atoms with Gasteiger partial charge in [-0.05, 0) is 50.3 Å². The van der Waals surface area contributed by atoms with E-state index in [1.165, 1.54) is 22.1 Å². The normalized spacial score (nSPS) is 27.3. The largest absolute Gasteiger partial charge is 0.461 e. The molecule has 0 spiro atoms. The summed E-state index contributed by atoms with van der Waals surface area (Å²) in [5, 5.41) is 0. The molecule has 0 unspecified atom stereocenters. The molecule has 0 amide bonds. The van der Waals surface area contributed by atoms with Gasteiger partial charge in [0.25, 0.3) is 0 Å². The third-order valence-corrected chi connectivity index (χ3v) is 10.3. The molecule has 3 saturated carbocycles. The number of esters is 1. The molecule has 0 N–H and O–H groups in total. The number of carbonyl (C=O) groups excluding carboxylic acids is 1. The van der Waals surface area contributed by atoms with E-state index in [-0.39, 0.29) is 28.8 Å². The standard InChI is InChI=1S/C25H35FN2O5S2/c1-5-8-9-18-15-28(25-12-17(13-25)14-25)20-10-22(34-7-3)21(11-23(20)35(30,31)27(18)4)33-16-19(26)24(29)32-6-2/h10-11,16-18H,5-9,12-15H2,1-4H3/b19-16-/t17?,18-,25?/m1/s1. The molecular weight excluding hydrogens is 491 g/mol. The molecular formula is C25H35FN2O5S2. The van der Waals surface area contributed by atoms with E-state index in [1.54, 1.807) is 14.0 Å². The van der Waals surface area contributed by atoms with Crippen LogP contribution in [0, 0.1) is 5.92 Å². The Balaban J connectivity index is 1.79. The first kappa shape index (κ1) is 26.3. The van der Waals surface area contributed by atoms with E-state index in [2.05, 4.69) is 16.6 Å². The van der Waals surface area contributed by atoms with Crippen LogP contribution in [0.5, 0.6) is 5.75 Å². The van der Waals surface area contributed by atoms with Crippen molar-refractivity contribution in [3.8, 4) is 5.75 Å². The Hall–Kier alpha value is -1.78. The highest BCUT2D eigenvalue weighted by molar-refractivity contribution is 7.99. The van der Waals surface area contributed by atoms with Crippen molar-refractivity contribution in [1.82, 2.24) is 4.31 Å². The predicted octanol–water partition coefficient (Wildman–Crippen LogP) is 5.10. The van der Waals surface area contributed by atoms with Crippen molar-refractivity contribution in [3.63, 3.8) is 0 Å². The zero-order valence-electron chi connectivity index (χ0n) is 20.9. The maximum atomic E-state index is 14.2. The number of halogens is 1. The second-order valence-electron chi connectivity index (χ2n) is 9.63. The quantitative estimate of drug-likeness (QED) is 0.182. The third kappa shape index (κ3) is 4.81. The summed E-state index contributed by atoms with van der Waals surface area (Å²) >= 11 is 1.49. The number of benzene rings is 1. The molecule has 7 nitrogen and oxygen atoms in total. The van der Waals surface area contributed by atoms with Crippen molar-refractivity contribution in [2.75, 3.05) is 30.9 Å². The van der Waals surface area contributed by atoms with Gasteiger partial charge in [0.1, 0.15) is 16.9 Å². The Morgan fingerprint density at radius 3 is 2.54 bits per heavy atom. The molecule has 0 aromatic heterocycles. The Morgan fingerprint density at radius 2 is 1.97 bits per heavy atom. The summed E-state index contributed by atoms with van der Waals surface area (Å²) in [4.78, 5) is 14.9.